The molecule has 1 aromatic heterocycles. The molecule has 2 heterocycles. The van der Waals surface area contributed by atoms with Crippen LogP contribution in [0.5, 0.6) is 0 Å². The second kappa shape index (κ2) is 10.3. The number of benzene rings is 3. The van der Waals surface area contributed by atoms with Gasteiger partial charge in [-0.1, -0.05) is 72.8 Å². The molecule has 3 atom stereocenters. The molecule has 0 unspecified atom stereocenters. The molecule has 5 heteroatoms. The Bertz CT molecular complexity index is 1160. The van der Waals surface area contributed by atoms with Crippen molar-refractivity contribution >= 4 is 10.9 Å². The van der Waals surface area contributed by atoms with E-state index in [1.165, 1.54) is 6.07 Å². The first kappa shape index (κ1) is 21.8. The molecule has 1 aliphatic rings. The van der Waals surface area contributed by atoms with Crippen molar-refractivity contribution in [3.63, 3.8) is 0 Å². The van der Waals surface area contributed by atoms with Crippen LogP contribution in [-0.4, -0.2) is 23.8 Å². The van der Waals surface area contributed by atoms with Crippen molar-refractivity contribution in [2.75, 3.05) is 6.61 Å². The van der Waals surface area contributed by atoms with Gasteiger partial charge >= 0.3 is 0 Å². The zero-order chi connectivity index (χ0) is 22.5. The van der Waals surface area contributed by atoms with Crippen LogP contribution in [-0.2, 0) is 27.4 Å². The minimum absolute atomic E-state index is 0.0211. The topological polar surface area (TPSA) is 43.5 Å². The van der Waals surface area contributed by atoms with E-state index in [9.17, 15) is 4.39 Å². The molecule has 0 spiro atoms. The second-order valence-electron chi connectivity index (χ2n) is 8.54. The Kier molecular flexibility index (Phi) is 6.81. The number of H-pyrrole nitrogens is 1. The van der Waals surface area contributed by atoms with Crippen LogP contribution in [0, 0.1) is 5.82 Å². The predicted octanol–water partition coefficient (Wildman–Crippen LogP) is 6.33. The van der Waals surface area contributed by atoms with Crippen LogP contribution < -0.4 is 0 Å². The lowest BCUT2D eigenvalue weighted by atomic mass is 9.95. The Labute approximate surface area is 193 Å². The summed E-state index contributed by atoms with van der Waals surface area (Å²) in [6.45, 7) is 1.57. The molecule has 1 aliphatic heterocycles. The number of fused-ring (bicyclic) bond motifs is 1. The number of aromatic nitrogens is 1. The Morgan fingerprint density at radius 1 is 0.848 bits per heavy atom. The Hall–Kier alpha value is -2.99. The summed E-state index contributed by atoms with van der Waals surface area (Å²) in [5.74, 6) is -0.255. The van der Waals surface area contributed by atoms with E-state index >= 15 is 0 Å². The first-order valence-corrected chi connectivity index (χ1v) is 11.4. The van der Waals surface area contributed by atoms with Crippen molar-refractivity contribution in [2.45, 2.75) is 44.4 Å². The van der Waals surface area contributed by atoms with E-state index in [0.29, 0.717) is 31.8 Å². The molecule has 0 bridgehead atoms. The Morgan fingerprint density at radius 2 is 1.58 bits per heavy atom. The van der Waals surface area contributed by atoms with Gasteiger partial charge in [0.05, 0.1) is 43.6 Å². The highest BCUT2D eigenvalue weighted by atomic mass is 19.1. The molecule has 170 valence electrons. The van der Waals surface area contributed by atoms with Gasteiger partial charge in [-0.15, -0.1) is 0 Å². The van der Waals surface area contributed by atoms with E-state index in [2.05, 4.69) is 29.2 Å². The molecule has 33 heavy (non-hydrogen) atoms. The van der Waals surface area contributed by atoms with Gasteiger partial charge in [0.25, 0.3) is 0 Å². The maximum atomic E-state index is 14.2. The van der Waals surface area contributed by atoms with Crippen LogP contribution in [0.25, 0.3) is 10.9 Å². The molecule has 1 fully saturated rings. The lowest BCUT2D eigenvalue weighted by molar-refractivity contribution is -0.141. The summed E-state index contributed by atoms with van der Waals surface area (Å²) in [7, 11) is 0. The van der Waals surface area contributed by atoms with Crippen molar-refractivity contribution in [1.29, 1.82) is 0 Å². The highest BCUT2D eigenvalue weighted by molar-refractivity contribution is 5.84. The maximum Gasteiger partial charge on any atom is 0.147 e. The second-order valence-corrected chi connectivity index (χ2v) is 8.54. The fourth-order valence-corrected chi connectivity index (χ4v) is 4.49. The van der Waals surface area contributed by atoms with Crippen molar-refractivity contribution in [1.82, 2.24) is 4.98 Å². The van der Waals surface area contributed by atoms with E-state index in [-0.39, 0.29) is 24.1 Å². The number of ether oxygens (including phenoxy) is 3. The fourth-order valence-electron chi connectivity index (χ4n) is 4.49. The minimum Gasteiger partial charge on any atom is -0.374 e. The summed E-state index contributed by atoms with van der Waals surface area (Å²) < 4.78 is 33.0. The third-order valence-electron chi connectivity index (χ3n) is 6.15. The van der Waals surface area contributed by atoms with Crippen LogP contribution in [0.4, 0.5) is 4.39 Å². The van der Waals surface area contributed by atoms with Crippen LogP contribution in [0.3, 0.4) is 0 Å². The number of aromatic amines is 1. The van der Waals surface area contributed by atoms with Gasteiger partial charge in [0.1, 0.15) is 5.82 Å². The van der Waals surface area contributed by atoms with Gasteiger partial charge in [-0.3, -0.25) is 0 Å². The van der Waals surface area contributed by atoms with E-state index in [4.69, 9.17) is 14.2 Å². The van der Waals surface area contributed by atoms with E-state index in [0.717, 1.165) is 28.5 Å². The van der Waals surface area contributed by atoms with Gasteiger partial charge in [0.2, 0.25) is 0 Å². The first-order chi connectivity index (χ1) is 16.3. The van der Waals surface area contributed by atoms with E-state index in [1.54, 1.807) is 6.07 Å². The van der Waals surface area contributed by atoms with Crippen LogP contribution >= 0.6 is 0 Å². The van der Waals surface area contributed by atoms with E-state index in [1.807, 2.05) is 48.7 Å². The van der Waals surface area contributed by atoms with Crippen LogP contribution in [0.15, 0.2) is 85.1 Å². The zero-order valence-corrected chi connectivity index (χ0v) is 18.5. The van der Waals surface area contributed by atoms with Crippen molar-refractivity contribution in [2.24, 2.45) is 0 Å². The highest BCUT2D eigenvalue weighted by Crippen LogP contribution is 2.37. The van der Waals surface area contributed by atoms with Gasteiger partial charge in [-0.25, -0.2) is 4.39 Å². The van der Waals surface area contributed by atoms with Crippen LogP contribution in [0.1, 0.15) is 35.6 Å². The lowest BCUT2D eigenvalue weighted by Crippen LogP contribution is -2.35. The van der Waals surface area contributed by atoms with Gasteiger partial charge in [-0.2, -0.15) is 0 Å². The molecule has 1 saturated heterocycles. The molecule has 0 amide bonds. The molecule has 0 saturated carbocycles. The van der Waals surface area contributed by atoms with Gasteiger partial charge in [0.15, 0.2) is 0 Å². The largest absolute Gasteiger partial charge is 0.374 e. The first-order valence-electron chi connectivity index (χ1n) is 11.4. The van der Waals surface area contributed by atoms with Crippen LogP contribution in [0.2, 0.25) is 0 Å². The normalized spacial score (nSPS) is 20.8. The van der Waals surface area contributed by atoms with E-state index < -0.39 is 0 Å². The number of halogens is 1. The average molecular weight is 446 g/mol. The van der Waals surface area contributed by atoms with Gasteiger partial charge < -0.3 is 19.2 Å². The molecule has 3 aromatic carbocycles. The third kappa shape index (κ3) is 5.33. The number of hydrogen-bond acceptors (Lipinski definition) is 3. The highest BCUT2D eigenvalue weighted by Gasteiger charge is 2.32. The molecule has 0 radical (unpaired) electrons. The molecule has 5 rings (SSSR count). The van der Waals surface area contributed by atoms with Gasteiger partial charge in [-0.05, 0) is 17.2 Å². The summed E-state index contributed by atoms with van der Waals surface area (Å²) in [4.78, 5) is 3.08. The van der Waals surface area contributed by atoms with Crippen molar-refractivity contribution in [3.05, 3.63) is 108 Å². The summed E-state index contributed by atoms with van der Waals surface area (Å²) in [5.41, 5.74) is 3.76. The molecule has 4 nitrogen and oxygen atoms in total. The standard InChI is InChI=1S/C28H28FNO3/c29-26-13-7-12-24-25(16-30-28(24)26)27-15-22(32-18-21-10-5-2-6-11-21)14-23(33-27)19-31-17-20-8-3-1-4-9-20/h1-13,16,22-23,27,30H,14-15,17-19H2/t22-,23-,27+/m0/s1. The zero-order valence-electron chi connectivity index (χ0n) is 18.5. The molecule has 1 N–H and O–H groups in total. The molecule has 0 aliphatic carbocycles. The summed E-state index contributed by atoms with van der Waals surface area (Å²) in [6, 6.07) is 25.4. The third-order valence-corrected chi connectivity index (χ3v) is 6.15. The fraction of sp³-hybridized carbons (Fsp3) is 0.286. The van der Waals surface area contributed by atoms with Gasteiger partial charge in [0, 0.05) is 30.0 Å². The SMILES string of the molecule is Fc1cccc2c([C@H]3C[C@@H](OCc4ccccc4)C[C@@H](COCc4ccccc4)O3)c[nH]c12. The number of hydrogen-bond donors (Lipinski definition) is 1. The molecular formula is C28H28FNO3. The molecule has 4 aromatic rings. The summed E-state index contributed by atoms with van der Waals surface area (Å²) >= 11 is 0. The summed E-state index contributed by atoms with van der Waals surface area (Å²) in [6.07, 6.45) is 3.06. The lowest BCUT2D eigenvalue weighted by Gasteiger charge is -2.35. The predicted molar refractivity (Wildman–Crippen MR) is 126 cm³/mol. The number of nitrogens with one attached hydrogen (secondary N) is 1. The maximum absolute atomic E-state index is 14.2. The quantitative estimate of drug-likeness (QED) is 0.345. The summed E-state index contributed by atoms with van der Waals surface area (Å²) in [5, 5.41) is 0.854. The Morgan fingerprint density at radius 3 is 2.33 bits per heavy atom. The molecular weight excluding hydrogens is 417 g/mol. The van der Waals surface area contributed by atoms with Crippen molar-refractivity contribution in [3.8, 4) is 0 Å². The number of para-hydroxylation sites is 1. The smallest absolute Gasteiger partial charge is 0.147 e. The number of rotatable bonds is 8. The van der Waals surface area contributed by atoms with Crippen molar-refractivity contribution < 1.29 is 18.6 Å². The monoisotopic (exact) mass is 445 g/mol. The minimum atomic E-state index is -0.255. The Balaban J connectivity index is 1.30. The average Bonchev–Trinajstić information content (AvgIpc) is 3.30.